The van der Waals surface area contributed by atoms with Crippen LogP contribution in [0.5, 0.6) is 0 Å². The summed E-state index contributed by atoms with van der Waals surface area (Å²) in [7, 11) is 0. The lowest BCUT2D eigenvalue weighted by molar-refractivity contribution is -0.151. The third-order valence-electron chi connectivity index (χ3n) is 4.23. The molecule has 1 fully saturated rings. The molecule has 0 radical (unpaired) electrons. The maximum atomic E-state index is 12.4. The number of carbonyl (C=O) groups excluding carboxylic acids is 1. The molecular weight excluding hydrogens is 367 g/mol. The van der Waals surface area contributed by atoms with Gasteiger partial charge in [-0.25, -0.2) is 4.79 Å². The van der Waals surface area contributed by atoms with Crippen LogP contribution in [0.4, 0.5) is 23.7 Å². The summed E-state index contributed by atoms with van der Waals surface area (Å²) < 4.78 is 38.7. The maximum Gasteiger partial charge on any atom is 0.409 e. The Balaban J connectivity index is 1.59. The second kappa shape index (κ2) is 7.43. The molecule has 2 heterocycles. The molecule has 1 aliphatic heterocycles. The van der Waals surface area contributed by atoms with Crippen LogP contribution in [0.25, 0.3) is 10.9 Å². The van der Waals surface area contributed by atoms with Crippen molar-refractivity contribution in [3.8, 4) is 0 Å². The van der Waals surface area contributed by atoms with Crippen LogP contribution in [0.1, 0.15) is 0 Å². The van der Waals surface area contributed by atoms with Crippen LogP contribution in [0.3, 0.4) is 0 Å². The molecule has 0 unspecified atom stereocenters. The quantitative estimate of drug-likeness (QED) is 0.838. The van der Waals surface area contributed by atoms with Crippen molar-refractivity contribution in [2.24, 2.45) is 0 Å². The normalized spacial score (nSPS) is 15.9. The highest BCUT2D eigenvalue weighted by Gasteiger charge is 2.32. The van der Waals surface area contributed by atoms with Crippen LogP contribution in [0.2, 0.25) is 0 Å². The molecule has 2 amide bonds. The van der Waals surface area contributed by atoms with Crippen molar-refractivity contribution < 1.29 is 27.9 Å². The summed E-state index contributed by atoms with van der Waals surface area (Å²) in [5, 5.41) is 15.9. The average molecular weight is 385 g/mol. The molecule has 1 saturated heterocycles. The first-order valence-corrected chi connectivity index (χ1v) is 8.24. The first-order chi connectivity index (χ1) is 12.7. The molecule has 0 aliphatic carbocycles. The SMILES string of the molecule is O=C(O)Nc1ccc2nn(CC(=O)N3CCN(CC(F)(F)F)CC3)cc2c1. The molecule has 0 saturated carbocycles. The highest BCUT2D eigenvalue weighted by atomic mass is 19.4. The Labute approximate surface area is 152 Å². The molecule has 1 aliphatic rings. The smallest absolute Gasteiger partial charge is 0.409 e. The number of halogens is 3. The van der Waals surface area contributed by atoms with E-state index < -0.39 is 18.8 Å². The van der Waals surface area contributed by atoms with Crippen LogP contribution in [0, 0.1) is 0 Å². The Hall–Kier alpha value is -2.82. The molecule has 2 aromatic rings. The number of hydrogen-bond donors (Lipinski definition) is 2. The molecule has 0 atom stereocenters. The number of alkyl halides is 3. The summed E-state index contributed by atoms with van der Waals surface area (Å²) in [6.45, 7) is -0.167. The van der Waals surface area contributed by atoms with Gasteiger partial charge in [0.2, 0.25) is 5.91 Å². The lowest BCUT2D eigenvalue weighted by Crippen LogP contribution is -2.51. The number of anilines is 1. The van der Waals surface area contributed by atoms with Gasteiger partial charge in [-0.3, -0.25) is 19.7 Å². The Morgan fingerprint density at radius 3 is 2.52 bits per heavy atom. The molecule has 2 N–H and O–H groups in total. The zero-order valence-electron chi connectivity index (χ0n) is 14.2. The monoisotopic (exact) mass is 385 g/mol. The van der Waals surface area contributed by atoms with Crippen molar-refractivity contribution >= 4 is 28.6 Å². The van der Waals surface area contributed by atoms with E-state index in [1.54, 1.807) is 24.4 Å². The third kappa shape index (κ3) is 5.09. The lowest BCUT2D eigenvalue weighted by Gasteiger charge is -2.34. The van der Waals surface area contributed by atoms with Crippen molar-refractivity contribution in [1.82, 2.24) is 19.6 Å². The number of hydrogen-bond acceptors (Lipinski definition) is 4. The van der Waals surface area contributed by atoms with Crippen LogP contribution in [-0.2, 0) is 11.3 Å². The second-order valence-corrected chi connectivity index (χ2v) is 6.30. The van der Waals surface area contributed by atoms with E-state index in [0.29, 0.717) is 16.6 Å². The van der Waals surface area contributed by atoms with Gasteiger partial charge in [0.15, 0.2) is 0 Å². The number of fused-ring (bicyclic) bond motifs is 1. The fraction of sp³-hybridized carbons (Fsp3) is 0.438. The zero-order valence-corrected chi connectivity index (χ0v) is 14.2. The number of carbonyl (C=O) groups is 2. The van der Waals surface area contributed by atoms with Crippen molar-refractivity contribution in [3.63, 3.8) is 0 Å². The van der Waals surface area contributed by atoms with Crippen molar-refractivity contribution in [2.75, 3.05) is 38.0 Å². The summed E-state index contributed by atoms with van der Waals surface area (Å²) in [4.78, 5) is 25.9. The van der Waals surface area contributed by atoms with Gasteiger partial charge in [0.1, 0.15) is 6.54 Å². The van der Waals surface area contributed by atoms with Gasteiger partial charge in [-0.2, -0.15) is 18.3 Å². The van der Waals surface area contributed by atoms with E-state index in [0.717, 1.165) is 0 Å². The van der Waals surface area contributed by atoms with Gasteiger partial charge >= 0.3 is 12.3 Å². The fourth-order valence-electron chi connectivity index (χ4n) is 3.01. The standard InChI is InChI=1S/C16H18F3N5O3/c17-16(18,19)10-22-3-5-23(6-4-22)14(25)9-24-8-11-7-12(20-15(26)27)1-2-13(11)21-24/h1-2,7-8,20H,3-6,9-10H2,(H,26,27). The number of rotatable bonds is 4. The van der Waals surface area contributed by atoms with Crippen LogP contribution >= 0.6 is 0 Å². The van der Waals surface area contributed by atoms with Gasteiger partial charge < -0.3 is 10.0 Å². The van der Waals surface area contributed by atoms with Crippen LogP contribution < -0.4 is 5.32 Å². The molecule has 1 aromatic carbocycles. The Bertz CT molecular complexity index is 843. The zero-order chi connectivity index (χ0) is 19.6. The van der Waals surface area contributed by atoms with E-state index >= 15 is 0 Å². The van der Waals surface area contributed by atoms with Crippen molar-refractivity contribution in [3.05, 3.63) is 24.4 Å². The molecule has 146 valence electrons. The number of piperazine rings is 1. The molecule has 11 heteroatoms. The van der Waals surface area contributed by atoms with E-state index in [4.69, 9.17) is 5.11 Å². The summed E-state index contributed by atoms with van der Waals surface area (Å²) in [5.74, 6) is -0.224. The van der Waals surface area contributed by atoms with E-state index in [-0.39, 0.29) is 38.6 Å². The highest BCUT2D eigenvalue weighted by molar-refractivity contribution is 5.89. The minimum atomic E-state index is -4.24. The minimum absolute atomic E-state index is 0.0321. The predicted molar refractivity (Wildman–Crippen MR) is 90.5 cm³/mol. The Morgan fingerprint density at radius 2 is 1.89 bits per heavy atom. The van der Waals surface area contributed by atoms with Gasteiger partial charge in [-0.15, -0.1) is 0 Å². The summed E-state index contributed by atoms with van der Waals surface area (Å²) in [6, 6.07) is 4.81. The van der Waals surface area contributed by atoms with Gasteiger partial charge in [-0.1, -0.05) is 0 Å². The summed E-state index contributed by atoms with van der Waals surface area (Å²) >= 11 is 0. The molecule has 0 bridgehead atoms. The van der Waals surface area contributed by atoms with E-state index in [1.807, 2.05) is 0 Å². The van der Waals surface area contributed by atoms with Crippen LogP contribution in [-0.4, -0.2) is 75.6 Å². The number of nitrogens with one attached hydrogen (secondary N) is 1. The van der Waals surface area contributed by atoms with Gasteiger partial charge in [0.25, 0.3) is 0 Å². The molecule has 27 heavy (non-hydrogen) atoms. The lowest BCUT2D eigenvalue weighted by atomic mass is 10.2. The molecule has 0 spiro atoms. The number of aromatic nitrogens is 2. The third-order valence-corrected chi connectivity index (χ3v) is 4.23. The van der Waals surface area contributed by atoms with Crippen molar-refractivity contribution in [2.45, 2.75) is 12.7 Å². The van der Waals surface area contributed by atoms with Crippen LogP contribution in [0.15, 0.2) is 24.4 Å². The second-order valence-electron chi connectivity index (χ2n) is 6.30. The molecule has 8 nitrogen and oxygen atoms in total. The maximum absolute atomic E-state index is 12.4. The van der Waals surface area contributed by atoms with Crippen molar-refractivity contribution in [1.29, 1.82) is 0 Å². The topological polar surface area (TPSA) is 90.7 Å². The highest BCUT2D eigenvalue weighted by Crippen LogP contribution is 2.19. The number of nitrogens with zero attached hydrogens (tertiary/aromatic N) is 4. The average Bonchev–Trinajstić information content (AvgIpc) is 2.94. The van der Waals surface area contributed by atoms with E-state index in [1.165, 1.54) is 14.5 Å². The Morgan fingerprint density at radius 1 is 1.19 bits per heavy atom. The Kier molecular flexibility index (Phi) is 5.22. The minimum Gasteiger partial charge on any atom is -0.465 e. The molecular formula is C16H18F3N5O3. The predicted octanol–water partition coefficient (Wildman–Crippen LogP) is 1.83. The summed E-state index contributed by atoms with van der Waals surface area (Å²) in [6.07, 6.45) is -3.79. The van der Waals surface area contributed by atoms with Gasteiger partial charge in [0, 0.05) is 43.4 Å². The van der Waals surface area contributed by atoms with Gasteiger partial charge in [0.05, 0.1) is 12.1 Å². The first-order valence-electron chi connectivity index (χ1n) is 8.24. The van der Waals surface area contributed by atoms with Gasteiger partial charge in [-0.05, 0) is 18.2 Å². The van der Waals surface area contributed by atoms with E-state index in [9.17, 15) is 22.8 Å². The number of amides is 2. The largest absolute Gasteiger partial charge is 0.465 e. The summed E-state index contributed by atoms with van der Waals surface area (Å²) in [5.41, 5.74) is 0.996. The molecule has 1 aromatic heterocycles. The molecule has 3 rings (SSSR count). The van der Waals surface area contributed by atoms with E-state index in [2.05, 4.69) is 10.4 Å². The number of benzene rings is 1. The number of carboxylic acid groups (broad SMARTS) is 1. The first kappa shape index (κ1) is 19.0. The fourth-order valence-corrected chi connectivity index (χ4v) is 3.01.